The highest BCUT2D eigenvalue weighted by Gasteiger charge is 2.21. The Hall–Kier alpha value is -0.235. The van der Waals surface area contributed by atoms with Gasteiger partial charge >= 0.3 is 6.03 Å². The second-order valence-electron chi connectivity index (χ2n) is 2.55. The van der Waals surface area contributed by atoms with Gasteiger partial charge in [-0.15, -0.1) is 0 Å². The summed E-state index contributed by atoms with van der Waals surface area (Å²) in [5.41, 5.74) is 0. The first-order chi connectivity index (χ1) is 5.74. The summed E-state index contributed by atoms with van der Waals surface area (Å²) < 4.78 is 0. The molecule has 1 saturated heterocycles. The summed E-state index contributed by atoms with van der Waals surface area (Å²) in [6, 6.07) is -0.0204. The van der Waals surface area contributed by atoms with E-state index in [-0.39, 0.29) is 21.7 Å². The van der Waals surface area contributed by atoms with Crippen molar-refractivity contribution in [2.75, 3.05) is 20.1 Å². The number of nitrogens with zero attached hydrogens (tertiary/aromatic N) is 1. The zero-order chi connectivity index (χ0) is 9.56. The fraction of sp³-hybridized carbons (Fsp3) is 0.875. The molecule has 0 saturated carbocycles. The molecule has 0 aromatic heterocycles. The zero-order valence-corrected chi connectivity index (χ0v) is 10.3. The standard InChI is InChI=1S/C6H11BN2O.C2H6.H3P/c1-8-6(10)9-3-2-5(7)4-9;1-2;/h5H,2-4H2,1H3,(H,8,10);1-2H3;1H3. The summed E-state index contributed by atoms with van der Waals surface area (Å²) in [5, 5.41) is 2.56. The SMILES string of the molecule is CC.P.[B]C1CCN(C(=O)NC)C1. The molecule has 13 heavy (non-hydrogen) atoms. The van der Waals surface area contributed by atoms with Crippen molar-refractivity contribution in [3.63, 3.8) is 0 Å². The molecule has 0 aliphatic carbocycles. The Bertz CT molecular complexity index is 146. The van der Waals surface area contributed by atoms with E-state index in [0.717, 1.165) is 13.0 Å². The Morgan fingerprint density at radius 3 is 2.38 bits per heavy atom. The van der Waals surface area contributed by atoms with Crippen molar-refractivity contribution in [2.45, 2.75) is 26.1 Å². The van der Waals surface area contributed by atoms with Crippen LogP contribution in [0.2, 0.25) is 5.82 Å². The van der Waals surface area contributed by atoms with Crippen LogP contribution < -0.4 is 5.32 Å². The smallest absolute Gasteiger partial charge is 0.317 e. The first-order valence-corrected chi connectivity index (χ1v) is 4.46. The molecule has 2 amide bonds. The third-order valence-electron chi connectivity index (χ3n) is 1.73. The number of amides is 2. The summed E-state index contributed by atoms with van der Waals surface area (Å²) in [7, 11) is 7.23. The van der Waals surface area contributed by atoms with Crippen molar-refractivity contribution in [3.05, 3.63) is 0 Å². The van der Waals surface area contributed by atoms with Gasteiger partial charge in [0.05, 0.1) is 7.85 Å². The number of likely N-dealkylation sites (tertiary alicyclic amines) is 1. The number of hydrogen-bond donors (Lipinski definition) is 1. The monoisotopic (exact) mass is 202 g/mol. The molecule has 1 N–H and O–H groups in total. The Balaban J connectivity index is 0. The lowest BCUT2D eigenvalue weighted by Crippen LogP contribution is -2.35. The molecule has 2 radical (unpaired) electrons. The predicted octanol–water partition coefficient (Wildman–Crippen LogP) is 1.07. The van der Waals surface area contributed by atoms with Crippen LogP contribution in [0.4, 0.5) is 4.79 Å². The number of nitrogens with one attached hydrogen (secondary N) is 1. The zero-order valence-electron chi connectivity index (χ0n) is 8.84. The number of hydrogen-bond acceptors (Lipinski definition) is 1. The number of rotatable bonds is 0. The van der Waals surface area contributed by atoms with Crippen molar-refractivity contribution < 1.29 is 4.79 Å². The number of carbonyl (C=O) groups is 1. The van der Waals surface area contributed by atoms with E-state index in [0.29, 0.717) is 6.54 Å². The molecule has 1 heterocycles. The summed E-state index contributed by atoms with van der Waals surface area (Å²) in [5.74, 6) is 0.178. The summed E-state index contributed by atoms with van der Waals surface area (Å²) >= 11 is 0. The number of carbonyl (C=O) groups excluding carboxylic acids is 1. The van der Waals surface area contributed by atoms with Crippen LogP contribution in [0.5, 0.6) is 0 Å². The lowest BCUT2D eigenvalue weighted by atomic mass is 9.87. The number of urea groups is 1. The molecule has 5 heteroatoms. The second-order valence-corrected chi connectivity index (χ2v) is 2.55. The fourth-order valence-corrected chi connectivity index (χ4v) is 1.13. The van der Waals surface area contributed by atoms with E-state index >= 15 is 0 Å². The van der Waals surface area contributed by atoms with Crippen molar-refractivity contribution in [3.8, 4) is 0 Å². The molecule has 0 aromatic carbocycles. The normalized spacial score (nSPS) is 19.6. The van der Waals surface area contributed by atoms with E-state index in [1.165, 1.54) is 0 Å². The van der Waals surface area contributed by atoms with Gasteiger partial charge in [0, 0.05) is 20.1 Å². The minimum absolute atomic E-state index is 0. The molecule has 1 fully saturated rings. The lowest BCUT2D eigenvalue weighted by molar-refractivity contribution is 0.211. The van der Waals surface area contributed by atoms with E-state index in [9.17, 15) is 4.79 Å². The van der Waals surface area contributed by atoms with E-state index in [2.05, 4.69) is 5.32 Å². The molecular formula is C8H20BN2OP. The van der Waals surface area contributed by atoms with Gasteiger partial charge in [0.2, 0.25) is 0 Å². The highest BCUT2D eigenvalue weighted by Crippen LogP contribution is 2.17. The van der Waals surface area contributed by atoms with Gasteiger partial charge in [0.25, 0.3) is 0 Å². The molecule has 76 valence electrons. The van der Waals surface area contributed by atoms with Crippen LogP contribution in [0.3, 0.4) is 0 Å². The molecular weight excluding hydrogens is 182 g/mol. The average molecular weight is 202 g/mol. The van der Waals surface area contributed by atoms with Gasteiger partial charge < -0.3 is 10.2 Å². The van der Waals surface area contributed by atoms with E-state index in [4.69, 9.17) is 7.85 Å². The van der Waals surface area contributed by atoms with Crippen LogP contribution in [-0.2, 0) is 0 Å². The Kier molecular flexibility index (Phi) is 9.81. The Morgan fingerprint density at radius 1 is 1.54 bits per heavy atom. The van der Waals surface area contributed by atoms with Crippen LogP contribution in [0.1, 0.15) is 20.3 Å². The largest absolute Gasteiger partial charge is 0.341 e. The highest BCUT2D eigenvalue weighted by molar-refractivity contribution is 6.92. The molecule has 1 aliphatic rings. The summed E-state index contributed by atoms with van der Waals surface area (Å²) in [6.45, 7) is 5.49. The topological polar surface area (TPSA) is 32.3 Å². The second kappa shape index (κ2) is 8.37. The van der Waals surface area contributed by atoms with Crippen molar-refractivity contribution in [1.29, 1.82) is 0 Å². The van der Waals surface area contributed by atoms with Crippen LogP contribution >= 0.6 is 9.90 Å². The van der Waals surface area contributed by atoms with Crippen LogP contribution in [0.25, 0.3) is 0 Å². The maximum atomic E-state index is 10.9. The van der Waals surface area contributed by atoms with Gasteiger partial charge in [-0.1, -0.05) is 19.7 Å². The molecule has 0 bridgehead atoms. The van der Waals surface area contributed by atoms with E-state index < -0.39 is 0 Å². The van der Waals surface area contributed by atoms with Crippen molar-refractivity contribution in [1.82, 2.24) is 10.2 Å². The quantitative estimate of drug-likeness (QED) is 0.462. The summed E-state index contributed by atoms with van der Waals surface area (Å²) in [4.78, 5) is 12.6. The summed E-state index contributed by atoms with van der Waals surface area (Å²) in [6.07, 6.45) is 0.924. The minimum Gasteiger partial charge on any atom is -0.341 e. The van der Waals surface area contributed by atoms with Gasteiger partial charge in [-0.3, -0.25) is 0 Å². The van der Waals surface area contributed by atoms with Gasteiger partial charge in [-0.25, -0.2) is 4.79 Å². The van der Waals surface area contributed by atoms with Crippen molar-refractivity contribution >= 4 is 23.8 Å². The first-order valence-electron chi connectivity index (χ1n) is 4.46. The van der Waals surface area contributed by atoms with E-state index in [1.807, 2.05) is 13.8 Å². The maximum absolute atomic E-state index is 10.9. The molecule has 0 spiro atoms. The van der Waals surface area contributed by atoms with E-state index in [1.54, 1.807) is 11.9 Å². The highest BCUT2D eigenvalue weighted by atomic mass is 31.0. The third kappa shape index (κ3) is 5.15. The maximum Gasteiger partial charge on any atom is 0.317 e. The third-order valence-corrected chi connectivity index (χ3v) is 1.73. The Labute approximate surface area is 85.7 Å². The predicted molar refractivity (Wildman–Crippen MR) is 62.6 cm³/mol. The van der Waals surface area contributed by atoms with Gasteiger partial charge in [0.1, 0.15) is 0 Å². The fourth-order valence-electron chi connectivity index (χ4n) is 1.13. The lowest BCUT2D eigenvalue weighted by Gasteiger charge is -2.14. The first kappa shape index (κ1) is 15.2. The average Bonchev–Trinajstić information content (AvgIpc) is 2.54. The van der Waals surface area contributed by atoms with Gasteiger partial charge in [-0.05, 0) is 6.42 Å². The molecule has 2 atom stereocenters. The molecule has 0 aromatic rings. The molecule has 3 nitrogen and oxygen atoms in total. The van der Waals surface area contributed by atoms with Crippen molar-refractivity contribution in [2.24, 2.45) is 0 Å². The van der Waals surface area contributed by atoms with Crippen LogP contribution in [0.15, 0.2) is 0 Å². The minimum atomic E-state index is -0.0204. The van der Waals surface area contributed by atoms with Crippen LogP contribution in [0, 0.1) is 0 Å². The van der Waals surface area contributed by atoms with Gasteiger partial charge in [-0.2, -0.15) is 9.90 Å². The molecule has 1 aliphatic heterocycles. The van der Waals surface area contributed by atoms with Gasteiger partial charge in [0.15, 0.2) is 0 Å². The molecule has 1 rings (SSSR count). The van der Waals surface area contributed by atoms with Crippen LogP contribution in [-0.4, -0.2) is 38.9 Å². The Morgan fingerprint density at radius 2 is 2.08 bits per heavy atom. The molecule has 2 unspecified atom stereocenters.